The molecule has 0 N–H and O–H groups in total. The molecule has 0 spiro atoms. The van der Waals surface area contributed by atoms with Gasteiger partial charge in [-0.05, 0) is 43.0 Å². The Hall–Kier alpha value is -1.32. The van der Waals surface area contributed by atoms with Crippen LogP contribution in [0.2, 0.25) is 10.2 Å². The summed E-state index contributed by atoms with van der Waals surface area (Å²) in [6.07, 6.45) is 0.812. The molecule has 0 amide bonds. The lowest BCUT2D eigenvalue weighted by molar-refractivity contribution is 0.762. The predicted molar refractivity (Wildman–Crippen MR) is 83.4 cm³/mol. The molecule has 1 atom stereocenters. The smallest absolute Gasteiger partial charge is 0.141 e. The van der Waals surface area contributed by atoms with Crippen LogP contribution < -0.4 is 4.90 Å². The number of rotatable bonds is 0. The van der Waals surface area contributed by atoms with E-state index in [1.54, 1.807) is 0 Å². The molecule has 0 radical (unpaired) electrons. The number of aryl methyl sites for hydroxylation is 1. The maximum atomic E-state index is 6.32. The number of aromatic nitrogens is 2. The number of fused-ring (bicyclic) bond motifs is 2. The van der Waals surface area contributed by atoms with Crippen LogP contribution in [0.3, 0.4) is 0 Å². The van der Waals surface area contributed by atoms with Crippen molar-refractivity contribution in [3.05, 3.63) is 45.3 Å². The molecule has 104 valence electrons. The summed E-state index contributed by atoms with van der Waals surface area (Å²) in [5.41, 5.74) is 3.33. The normalized spacial score (nSPS) is 17.4. The van der Waals surface area contributed by atoms with E-state index in [2.05, 4.69) is 21.8 Å². The molecular formula is C15H15Cl2N3. The average molecular weight is 308 g/mol. The first-order valence-electron chi connectivity index (χ1n) is 6.53. The fraction of sp³-hybridized carbons (Fsp3) is 0.333. The van der Waals surface area contributed by atoms with E-state index in [-0.39, 0.29) is 0 Å². The van der Waals surface area contributed by atoms with E-state index in [0.717, 1.165) is 28.5 Å². The van der Waals surface area contributed by atoms with E-state index in [0.29, 0.717) is 16.9 Å². The Kier molecular flexibility index (Phi) is 3.35. The van der Waals surface area contributed by atoms with Crippen LogP contribution in [0.25, 0.3) is 0 Å². The summed E-state index contributed by atoms with van der Waals surface area (Å²) in [4.78, 5) is 10.9. The summed E-state index contributed by atoms with van der Waals surface area (Å²) in [6.45, 7) is 4.03. The van der Waals surface area contributed by atoms with Crippen molar-refractivity contribution in [2.75, 3.05) is 11.9 Å². The standard InChI is InChI=1S/C15H15Cl2N3/c1-8-6-12-14(17)18-9(2)19-15(12)20(3)13-5-4-10(16)7-11(8)13/h4-5,7-8H,6H2,1-3H3. The zero-order chi connectivity index (χ0) is 14.4. The van der Waals surface area contributed by atoms with Crippen LogP contribution in [-0.2, 0) is 6.42 Å². The molecule has 0 bridgehead atoms. The second-order valence-electron chi connectivity index (χ2n) is 5.23. The molecule has 1 aromatic heterocycles. The van der Waals surface area contributed by atoms with Gasteiger partial charge in [-0.15, -0.1) is 0 Å². The van der Waals surface area contributed by atoms with Crippen LogP contribution >= 0.6 is 23.2 Å². The summed E-state index contributed by atoms with van der Waals surface area (Å²) in [7, 11) is 2.01. The van der Waals surface area contributed by atoms with E-state index in [9.17, 15) is 0 Å². The van der Waals surface area contributed by atoms with Crippen LogP contribution in [0.5, 0.6) is 0 Å². The van der Waals surface area contributed by atoms with Gasteiger partial charge < -0.3 is 4.90 Å². The van der Waals surface area contributed by atoms with Gasteiger partial charge in [0.15, 0.2) is 0 Å². The van der Waals surface area contributed by atoms with E-state index in [1.807, 2.05) is 32.2 Å². The Morgan fingerprint density at radius 1 is 1.25 bits per heavy atom. The van der Waals surface area contributed by atoms with Crippen LogP contribution in [0.1, 0.15) is 29.8 Å². The minimum Gasteiger partial charge on any atom is -0.329 e. The van der Waals surface area contributed by atoms with Crippen molar-refractivity contribution in [2.24, 2.45) is 0 Å². The van der Waals surface area contributed by atoms with E-state index < -0.39 is 0 Å². The number of benzene rings is 1. The maximum Gasteiger partial charge on any atom is 0.141 e. The minimum absolute atomic E-state index is 0.316. The molecule has 2 heterocycles. The van der Waals surface area contributed by atoms with Crippen molar-refractivity contribution >= 4 is 34.7 Å². The predicted octanol–water partition coefficient (Wildman–Crippen LogP) is 4.52. The zero-order valence-electron chi connectivity index (χ0n) is 11.6. The van der Waals surface area contributed by atoms with Gasteiger partial charge in [-0.25, -0.2) is 9.97 Å². The first-order chi connectivity index (χ1) is 9.47. The third kappa shape index (κ3) is 2.15. The van der Waals surface area contributed by atoms with Gasteiger partial charge in [-0.3, -0.25) is 0 Å². The van der Waals surface area contributed by atoms with Crippen molar-refractivity contribution in [1.82, 2.24) is 9.97 Å². The number of nitrogens with zero attached hydrogens (tertiary/aromatic N) is 3. The van der Waals surface area contributed by atoms with E-state index in [4.69, 9.17) is 23.2 Å². The third-order valence-electron chi connectivity index (χ3n) is 3.76. The Morgan fingerprint density at radius 2 is 2.00 bits per heavy atom. The summed E-state index contributed by atoms with van der Waals surface area (Å²) in [5.74, 6) is 1.89. The maximum absolute atomic E-state index is 6.32. The van der Waals surface area contributed by atoms with Crippen LogP contribution in [0.15, 0.2) is 18.2 Å². The lowest BCUT2D eigenvalue weighted by atomic mass is 9.94. The van der Waals surface area contributed by atoms with Gasteiger partial charge in [0.2, 0.25) is 0 Å². The summed E-state index contributed by atoms with van der Waals surface area (Å²) < 4.78 is 0. The molecule has 3 nitrogen and oxygen atoms in total. The fourth-order valence-corrected chi connectivity index (χ4v) is 3.22. The Labute approximate surface area is 128 Å². The molecule has 1 aromatic carbocycles. The van der Waals surface area contributed by atoms with Crippen molar-refractivity contribution in [3.8, 4) is 0 Å². The molecule has 0 fully saturated rings. The number of hydrogen-bond donors (Lipinski definition) is 0. The van der Waals surface area contributed by atoms with Gasteiger partial charge in [0, 0.05) is 23.3 Å². The molecule has 0 saturated heterocycles. The molecular weight excluding hydrogens is 293 g/mol. The van der Waals surface area contributed by atoms with E-state index in [1.165, 1.54) is 5.56 Å². The van der Waals surface area contributed by atoms with Gasteiger partial charge >= 0.3 is 0 Å². The molecule has 1 aliphatic rings. The highest BCUT2D eigenvalue weighted by Crippen LogP contribution is 2.41. The Balaban J connectivity index is 2.25. The van der Waals surface area contributed by atoms with Crippen molar-refractivity contribution in [3.63, 3.8) is 0 Å². The third-order valence-corrected chi connectivity index (χ3v) is 4.30. The highest BCUT2D eigenvalue weighted by molar-refractivity contribution is 6.31. The Morgan fingerprint density at radius 3 is 2.75 bits per heavy atom. The van der Waals surface area contributed by atoms with Gasteiger partial charge in [0.05, 0.1) is 0 Å². The van der Waals surface area contributed by atoms with Crippen molar-refractivity contribution in [2.45, 2.75) is 26.2 Å². The second-order valence-corrected chi connectivity index (χ2v) is 6.03. The van der Waals surface area contributed by atoms with Crippen LogP contribution in [0.4, 0.5) is 11.5 Å². The number of hydrogen-bond acceptors (Lipinski definition) is 3. The number of anilines is 2. The highest BCUT2D eigenvalue weighted by atomic mass is 35.5. The van der Waals surface area contributed by atoms with Gasteiger partial charge in [0.25, 0.3) is 0 Å². The lowest BCUT2D eigenvalue weighted by Gasteiger charge is -2.21. The monoisotopic (exact) mass is 307 g/mol. The molecule has 0 aliphatic carbocycles. The topological polar surface area (TPSA) is 29.0 Å². The van der Waals surface area contributed by atoms with E-state index >= 15 is 0 Å². The molecule has 3 rings (SSSR count). The molecule has 5 heteroatoms. The fourth-order valence-electron chi connectivity index (χ4n) is 2.76. The summed E-state index contributed by atoms with van der Waals surface area (Å²) >= 11 is 12.5. The molecule has 1 unspecified atom stereocenters. The molecule has 0 saturated carbocycles. The quantitative estimate of drug-likeness (QED) is 0.670. The molecule has 1 aliphatic heterocycles. The lowest BCUT2D eigenvalue weighted by Crippen LogP contribution is -2.14. The summed E-state index contributed by atoms with van der Waals surface area (Å²) in [5, 5.41) is 1.30. The Bertz CT molecular complexity index is 685. The zero-order valence-corrected chi connectivity index (χ0v) is 13.1. The number of halogens is 2. The van der Waals surface area contributed by atoms with Gasteiger partial charge in [0.1, 0.15) is 16.8 Å². The van der Waals surface area contributed by atoms with Gasteiger partial charge in [-0.1, -0.05) is 30.1 Å². The van der Waals surface area contributed by atoms with Crippen LogP contribution in [0, 0.1) is 6.92 Å². The molecule has 2 aromatic rings. The molecule has 20 heavy (non-hydrogen) atoms. The average Bonchev–Trinajstić information content (AvgIpc) is 2.49. The van der Waals surface area contributed by atoms with Crippen molar-refractivity contribution in [1.29, 1.82) is 0 Å². The van der Waals surface area contributed by atoms with Crippen molar-refractivity contribution < 1.29 is 0 Å². The highest BCUT2D eigenvalue weighted by Gasteiger charge is 2.26. The van der Waals surface area contributed by atoms with Gasteiger partial charge in [-0.2, -0.15) is 0 Å². The van der Waals surface area contributed by atoms with Crippen LogP contribution in [-0.4, -0.2) is 17.0 Å². The largest absolute Gasteiger partial charge is 0.329 e. The summed E-state index contributed by atoms with van der Waals surface area (Å²) in [6, 6.07) is 5.97. The second kappa shape index (κ2) is 4.90. The SMILES string of the molecule is Cc1nc(Cl)c2c(n1)N(C)c1ccc(Cl)cc1C(C)C2. The first kappa shape index (κ1) is 13.7. The minimum atomic E-state index is 0.316. The first-order valence-corrected chi connectivity index (χ1v) is 7.29.